The third kappa shape index (κ3) is 3.73. The predicted molar refractivity (Wildman–Crippen MR) is 83.5 cm³/mol. The molecule has 0 heterocycles. The van der Waals surface area contributed by atoms with Gasteiger partial charge in [0.05, 0.1) is 0 Å². The van der Waals surface area contributed by atoms with E-state index in [2.05, 4.69) is 26.8 Å². The molecule has 0 saturated heterocycles. The molecule has 0 amide bonds. The maximum absolute atomic E-state index is 12.3. The van der Waals surface area contributed by atoms with Crippen LogP contribution in [0, 0.1) is 5.92 Å². The quantitative estimate of drug-likeness (QED) is 0.714. The van der Waals surface area contributed by atoms with Crippen molar-refractivity contribution in [3.05, 3.63) is 47.5 Å². The lowest BCUT2D eigenvalue weighted by atomic mass is 9.82. The van der Waals surface area contributed by atoms with E-state index < -0.39 is 0 Å². The fourth-order valence-electron chi connectivity index (χ4n) is 2.55. The van der Waals surface area contributed by atoms with Crippen molar-refractivity contribution in [2.24, 2.45) is 5.92 Å². The Morgan fingerprint density at radius 1 is 1.26 bits per heavy atom. The number of hydrogen-bond donors (Lipinski definition) is 0. The molecule has 1 nitrogen and oxygen atoms in total. The number of carbonyl (C=O) groups excluding carboxylic acids is 1. The van der Waals surface area contributed by atoms with Crippen LogP contribution in [-0.2, 0) is 0 Å². The lowest BCUT2D eigenvalue weighted by Gasteiger charge is -2.35. The fourth-order valence-corrected chi connectivity index (χ4v) is 3.66. The molecule has 0 spiro atoms. The van der Waals surface area contributed by atoms with Gasteiger partial charge < -0.3 is 0 Å². The van der Waals surface area contributed by atoms with Gasteiger partial charge in [-0.3, -0.25) is 4.79 Å². The largest absolute Gasteiger partial charge is 0.282 e. The number of rotatable bonds is 3. The molecule has 1 atom stereocenters. The van der Waals surface area contributed by atoms with E-state index >= 15 is 0 Å². The first-order chi connectivity index (χ1) is 8.99. The predicted octanol–water partition coefficient (Wildman–Crippen LogP) is 5.09. The summed E-state index contributed by atoms with van der Waals surface area (Å²) in [5.74, 6) is 0.592. The molecule has 0 fully saturated rings. The molecule has 1 aliphatic carbocycles. The molecule has 1 aliphatic rings. The molecule has 0 bridgehead atoms. The maximum atomic E-state index is 12.3. The first-order valence-electron chi connectivity index (χ1n) is 6.93. The Morgan fingerprint density at radius 2 is 1.95 bits per heavy atom. The minimum atomic E-state index is 0.00409. The molecule has 1 unspecified atom stereocenters. The van der Waals surface area contributed by atoms with Gasteiger partial charge in [0.2, 0.25) is 5.12 Å². The van der Waals surface area contributed by atoms with Gasteiger partial charge in [-0.15, -0.1) is 0 Å². The van der Waals surface area contributed by atoms with Gasteiger partial charge in [0.25, 0.3) is 0 Å². The number of hydrogen-bond acceptors (Lipinski definition) is 2. The Labute approximate surface area is 120 Å². The number of carbonyl (C=O) groups is 1. The monoisotopic (exact) mass is 274 g/mol. The van der Waals surface area contributed by atoms with Crippen LogP contribution >= 0.6 is 11.8 Å². The van der Waals surface area contributed by atoms with Crippen LogP contribution in [0.25, 0.3) is 0 Å². The van der Waals surface area contributed by atoms with Gasteiger partial charge >= 0.3 is 0 Å². The lowest BCUT2D eigenvalue weighted by Crippen LogP contribution is -2.30. The second-order valence-corrected chi connectivity index (χ2v) is 7.51. The smallest absolute Gasteiger partial charge is 0.219 e. The summed E-state index contributed by atoms with van der Waals surface area (Å²) in [6, 6.07) is 9.59. The normalized spacial score (nSPS) is 19.9. The lowest BCUT2D eigenvalue weighted by molar-refractivity contribution is 0.108. The molecule has 0 aliphatic heterocycles. The van der Waals surface area contributed by atoms with Crippen molar-refractivity contribution >= 4 is 16.9 Å². The molecule has 0 aromatic heterocycles. The van der Waals surface area contributed by atoms with Crippen molar-refractivity contribution in [1.82, 2.24) is 0 Å². The number of thioether (sulfide) groups is 1. The van der Waals surface area contributed by atoms with Crippen LogP contribution in [0.4, 0.5) is 0 Å². The van der Waals surface area contributed by atoms with Gasteiger partial charge in [-0.1, -0.05) is 53.7 Å². The molecule has 1 aromatic carbocycles. The van der Waals surface area contributed by atoms with Gasteiger partial charge in [-0.25, -0.2) is 0 Å². The summed E-state index contributed by atoms with van der Waals surface area (Å²) in [6.07, 6.45) is 5.82. The topological polar surface area (TPSA) is 17.1 Å². The van der Waals surface area contributed by atoms with Gasteiger partial charge in [0.15, 0.2) is 0 Å². The highest BCUT2D eigenvalue weighted by atomic mass is 32.2. The molecule has 2 heteroatoms. The van der Waals surface area contributed by atoms with E-state index in [1.807, 2.05) is 30.3 Å². The summed E-state index contributed by atoms with van der Waals surface area (Å²) in [7, 11) is 0. The van der Waals surface area contributed by atoms with E-state index in [1.54, 1.807) is 0 Å². The summed E-state index contributed by atoms with van der Waals surface area (Å²) in [5, 5.41) is 0.192. The van der Waals surface area contributed by atoms with Crippen LogP contribution in [0.3, 0.4) is 0 Å². The Balaban J connectivity index is 2.03. The zero-order chi connectivity index (χ0) is 13.9. The number of allylic oxidation sites excluding steroid dienone is 2. The highest BCUT2D eigenvalue weighted by Gasteiger charge is 2.33. The van der Waals surface area contributed by atoms with Crippen molar-refractivity contribution in [2.75, 3.05) is 0 Å². The number of benzene rings is 1. The SMILES string of the molecule is CC1=CCC(C(C)(C)SC(=O)c2ccccc2)CC1. The van der Waals surface area contributed by atoms with Crippen molar-refractivity contribution in [3.63, 3.8) is 0 Å². The fraction of sp³-hybridized carbons (Fsp3) is 0.471. The minimum Gasteiger partial charge on any atom is -0.282 e. The van der Waals surface area contributed by atoms with Crippen molar-refractivity contribution in [3.8, 4) is 0 Å². The molecular weight excluding hydrogens is 252 g/mol. The van der Waals surface area contributed by atoms with Gasteiger partial charge in [0.1, 0.15) is 0 Å². The second-order valence-electron chi connectivity index (χ2n) is 5.88. The summed E-state index contributed by atoms with van der Waals surface area (Å²) >= 11 is 1.49. The first kappa shape index (κ1) is 14.4. The second kappa shape index (κ2) is 5.96. The molecule has 102 valence electrons. The van der Waals surface area contributed by atoms with Crippen LogP contribution < -0.4 is 0 Å². The average molecular weight is 274 g/mol. The molecule has 2 rings (SSSR count). The highest BCUT2D eigenvalue weighted by Crippen LogP contribution is 2.41. The van der Waals surface area contributed by atoms with Crippen LogP contribution in [0.15, 0.2) is 42.0 Å². The standard InChI is InChI=1S/C17H22OS/c1-13-9-11-15(12-10-13)17(2,3)19-16(18)14-7-5-4-6-8-14/h4-9,15H,10-12H2,1-3H3. The van der Waals surface area contributed by atoms with Crippen LogP contribution in [-0.4, -0.2) is 9.86 Å². The molecule has 0 saturated carbocycles. The van der Waals surface area contributed by atoms with Crippen molar-refractivity contribution in [2.45, 2.75) is 44.8 Å². The van der Waals surface area contributed by atoms with E-state index in [-0.39, 0.29) is 9.86 Å². The van der Waals surface area contributed by atoms with E-state index in [0.717, 1.165) is 12.0 Å². The third-order valence-electron chi connectivity index (χ3n) is 3.99. The summed E-state index contributed by atoms with van der Waals surface area (Å²) in [4.78, 5) is 12.3. The highest BCUT2D eigenvalue weighted by molar-refractivity contribution is 8.15. The zero-order valence-corrected chi connectivity index (χ0v) is 12.8. The maximum Gasteiger partial charge on any atom is 0.219 e. The minimum absolute atomic E-state index is 0.00409. The van der Waals surface area contributed by atoms with Gasteiger partial charge in [0, 0.05) is 10.3 Å². The molecular formula is C17H22OS. The zero-order valence-electron chi connectivity index (χ0n) is 12.0. The van der Waals surface area contributed by atoms with Crippen molar-refractivity contribution in [1.29, 1.82) is 0 Å². The molecule has 0 N–H and O–H groups in total. The molecule has 1 aromatic rings. The Kier molecular flexibility index (Phi) is 4.51. The Hall–Kier alpha value is -1.02. The Bertz CT molecular complexity index is 473. The van der Waals surface area contributed by atoms with Crippen molar-refractivity contribution < 1.29 is 4.79 Å². The van der Waals surface area contributed by atoms with E-state index in [4.69, 9.17) is 0 Å². The average Bonchev–Trinajstić information content (AvgIpc) is 2.40. The van der Waals surface area contributed by atoms with Crippen LogP contribution in [0.2, 0.25) is 0 Å². The van der Waals surface area contributed by atoms with E-state index in [9.17, 15) is 4.79 Å². The Morgan fingerprint density at radius 3 is 2.53 bits per heavy atom. The van der Waals surface area contributed by atoms with Crippen LogP contribution in [0.1, 0.15) is 50.4 Å². The summed E-state index contributed by atoms with van der Waals surface area (Å²) < 4.78 is 0.00409. The third-order valence-corrected chi connectivity index (χ3v) is 5.27. The van der Waals surface area contributed by atoms with E-state index in [0.29, 0.717) is 5.92 Å². The summed E-state index contributed by atoms with van der Waals surface area (Å²) in [5.41, 5.74) is 2.30. The van der Waals surface area contributed by atoms with Crippen LogP contribution in [0.5, 0.6) is 0 Å². The first-order valence-corrected chi connectivity index (χ1v) is 7.75. The van der Waals surface area contributed by atoms with E-state index in [1.165, 1.54) is 30.2 Å². The molecule has 19 heavy (non-hydrogen) atoms. The van der Waals surface area contributed by atoms with Gasteiger partial charge in [-0.05, 0) is 46.0 Å². The summed E-state index contributed by atoms with van der Waals surface area (Å²) in [6.45, 7) is 6.61. The van der Waals surface area contributed by atoms with Gasteiger partial charge in [-0.2, -0.15) is 0 Å². The molecule has 0 radical (unpaired) electrons.